The molecule has 7 heteroatoms. The highest BCUT2D eigenvalue weighted by atomic mass is 35.5. The minimum Gasteiger partial charge on any atom is -0.379 e. The third-order valence-corrected chi connectivity index (χ3v) is 3.97. The van der Waals surface area contributed by atoms with Crippen molar-refractivity contribution in [1.82, 2.24) is 14.7 Å². The molecule has 0 aliphatic heterocycles. The van der Waals surface area contributed by atoms with Crippen molar-refractivity contribution in [3.63, 3.8) is 0 Å². The summed E-state index contributed by atoms with van der Waals surface area (Å²) in [7, 11) is 3.90. The lowest BCUT2D eigenvalue weighted by Crippen LogP contribution is -2.41. The summed E-state index contributed by atoms with van der Waals surface area (Å²) in [6.07, 6.45) is 3.83. The molecule has 21 heavy (non-hydrogen) atoms. The number of rotatable bonds is 7. The van der Waals surface area contributed by atoms with Gasteiger partial charge in [-0.25, -0.2) is 4.68 Å². The third kappa shape index (κ3) is 4.18. The van der Waals surface area contributed by atoms with Gasteiger partial charge in [-0.05, 0) is 33.9 Å². The molecule has 118 valence electrons. The summed E-state index contributed by atoms with van der Waals surface area (Å²) in [5.41, 5.74) is 0.368. The normalized spacial score (nSPS) is 21.4. The predicted octanol–water partition coefficient (Wildman–Crippen LogP) is 1.44. The van der Waals surface area contributed by atoms with Crippen LogP contribution in [-0.4, -0.2) is 54.1 Å². The molecular weight excluding hydrogens is 292 g/mol. The number of nitrogens with zero attached hydrogens (tertiary/aromatic N) is 3. The van der Waals surface area contributed by atoms with Gasteiger partial charge in [-0.15, -0.1) is 0 Å². The van der Waals surface area contributed by atoms with Crippen LogP contribution in [0.3, 0.4) is 0 Å². The van der Waals surface area contributed by atoms with Crippen LogP contribution >= 0.6 is 11.6 Å². The maximum absolute atomic E-state index is 12.1. The number of halogens is 1. The zero-order chi connectivity index (χ0) is 15.4. The van der Waals surface area contributed by atoms with Crippen molar-refractivity contribution in [2.75, 3.05) is 32.6 Å². The van der Waals surface area contributed by atoms with E-state index in [4.69, 9.17) is 16.3 Å². The van der Waals surface area contributed by atoms with E-state index in [0.717, 1.165) is 26.0 Å². The fourth-order valence-corrected chi connectivity index (χ4v) is 2.50. The highest BCUT2D eigenvalue weighted by molar-refractivity contribution is 6.32. The second kappa shape index (κ2) is 7.24. The SMILES string of the molecule is CCOC1CC(Nc2cnn(CCN(C)C)c(=O)c2Cl)C1. The average Bonchev–Trinajstić information content (AvgIpc) is 2.40. The first-order valence-electron chi connectivity index (χ1n) is 7.29. The molecule has 0 spiro atoms. The van der Waals surface area contributed by atoms with Crippen molar-refractivity contribution < 1.29 is 4.74 Å². The number of hydrogen-bond acceptors (Lipinski definition) is 5. The van der Waals surface area contributed by atoms with Crippen LogP contribution in [0.4, 0.5) is 5.69 Å². The van der Waals surface area contributed by atoms with Crippen LogP contribution in [0, 0.1) is 0 Å². The van der Waals surface area contributed by atoms with Gasteiger partial charge in [0.05, 0.1) is 24.5 Å². The number of ether oxygens (including phenoxy) is 1. The van der Waals surface area contributed by atoms with Gasteiger partial charge in [-0.3, -0.25) is 4.79 Å². The Hall–Kier alpha value is -1.11. The van der Waals surface area contributed by atoms with Gasteiger partial charge in [-0.2, -0.15) is 5.10 Å². The molecule has 0 unspecified atom stereocenters. The van der Waals surface area contributed by atoms with Crippen LogP contribution in [0.15, 0.2) is 11.0 Å². The second-order valence-corrected chi connectivity index (χ2v) is 5.97. The summed E-state index contributed by atoms with van der Waals surface area (Å²) in [5, 5.41) is 7.66. The van der Waals surface area contributed by atoms with E-state index < -0.39 is 0 Å². The molecule has 0 amide bonds. The van der Waals surface area contributed by atoms with Crippen LogP contribution in [0.2, 0.25) is 5.02 Å². The largest absolute Gasteiger partial charge is 0.379 e. The van der Waals surface area contributed by atoms with Gasteiger partial charge in [0.25, 0.3) is 5.56 Å². The van der Waals surface area contributed by atoms with Crippen LogP contribution < -0.4 is 10.9 Å². The van der Waals surface area contributed by atoms with Crippen molar-refractivity contribution in [1.29, 1.82) is 0 Å². The van der Waals surface area contributed by atoms with Crippen molar-refractivity contribution in [2.45, 2.75) is 38.5 Å². The number of nitrogens with one attached hydrogen (secondary N) is 1. The average molecular weight is 315 g/mol. The highest BCUT2D eigenvalue weighted by Crippen LogP contribution is 2.28. The van der Waals surface area contributed by atoms with E-state index >= 15 is 0 Å². The molecule has 1 aromatic rings. The van der Waals surface area contributed by atoms with Gasteiger partial charge in [0.15, 0.2) is 0 Å². The minimum absolute atomic E-state index is 0.212. The minimum atomic E-state index is -0.246. The Morgan fingerprint density at radius 1 is 1.52 bits per heavy atom. The van der Waals surface area contributed by atoms with E-state index in [1.54, 1.807) is 6.20 Å². The molecule has 0 saturated heterocycles. The molecule has 1 aliphatic carbocycles. The lowest BCUT2D eigenvalue weighted by atomic mass is 9.89. The lowest BCUT2D eigenvalue weighted by molar-refractivity contribution is 0.00298. The fraction of sp³-hybridized carbons (Fsp3) is 0.714. The first-order valence-corrected chi connectivity index (χ1v) is 7.67. The second-order valence-electron chi connectivity index (χ2n) is 5.59. The van der Waals surface area contributed by atoms with Crippen LogP contribution in [-0.2, 0) is 11.3 Å². The molecule has 1 aliphatic rings. The topological polar surface area (TPSA) is 59.4 Å². The molecule has 2 rings (SSSR count). The third-order valence-electron chi connectivity index (χ3n) is 3.60. The Kier molecular flexibility index (Phi) is 5.61. The maximum Gasteiger partial charge on any atom is 0.287 e. The first-order chi connectivity index (χ1) is 10.0. The molecule has 1 fully saturated rings. The highest BCUT2D eigenvalue weighted by Gasteiger charge is 2.30. The number of hydrogen-bond donors (Lipinski definition) is 1. The quantitative estimate of drug-likeness (QED) is 0.825. The maximum atomic E-state index is 12.1. The molecule has 1 aromatic heterocycles. The predicted molar refractivity (Wildman–Crippen MR) is 84.1 cm³/mol. The zero-order valence-corrected chi connectivity index (χ0v) is 13.6. The van der Waals surface area contributed by atoms with Crippen LogP contribution in [0.1, 0.15) is 19.8 Å². The first kappa shape index (κ1) is 16.3. The summed E-state index contributed by atoms with van der Waals surface area (Å²) in [6, 6.07) is 0.304. The monoisotopic (exact) mass is 314 g/mol. The van der Waals surface area contributed by atoms with E-state index in [9.17, 15) is 4.79 Å². The smallest absolute Gasteiger partial charge is 0.287 e. The van der Waals surface area contributed by atoms with E-state index in [1.807, 2.05) is 25.9 Å². The van der Waals surface area contributed by atoms with Gasteiger partial charge in [-0.1, -0.05) is 11.6 Å². The Morgan fingerprint density at radius 2 is 2.24 bits per heavy atom. The summed E-state index contributed by atoms with van der Waals surface area (Å²) in [6.45, 7) is 4.01. The van der Waals surface area contributed by atoms with Gasteiger partial charge >= 0.3 is 0 Å². The van der Waals surface area contributed by atoms with Crippen LogP contribution in [0.5, 0.6) is 0 Å². The van der Waals surface area contributed by atoms with Crippen LogP contribution in [0.25, 0.3) is 0 Å². The molecule has 0 aromatic carbocycles. The Balaban J connectivity index is 1.96. The standard InChI is InChI=1S/C14H23ClN4O2/c1-4-21-11-7-10(8-11)17-12-9-16-19(6-5-18(2)3)14(20)13(12)15/h9-11,17H,4-8H2,1-3H3. The molecular formula is C14H23ClN4O2. The number of anilines is 1. The summed E-state index contributed by atoms with van der Waals surface area (Å²) in [5.74, 6) is 0. The zero-order valence-electron chi connectivity index (χ0n) is 12.8. The Bertz CT molecular complexity index is 526. The van der Waals surface area contributed by atoms with Gasteiger partial charge in [0, 0.05) is 19.2 Å². The molecule has 1 saturated carbocycles. The molecule has 1 heterocycles. The summed E-state index contributed by atoms with van der Waals surface area (Å²) in [4.78, 5) is 14.1. The molecule has 0 atom stereocenters. The van der Waals surface area contributed by atoms with Crippen molar-refractivity contribution in [2.24, 2.45) is 0 Å². The van der Waals surface area contributed by atoms with E-state index in [-0.39, 0.29) is 10.6 Å². The fourth-order valence-electron chi connectivity index (χ4n) is 2.29. The van der Waals surface area contributed by atoms with Gasteiger partial charge < -0.3 is 15.0 Å². The van der Waals surface area contributed by atoms with E-state index in [1.165, 1.54) is 4.68 Å². The molecule has 0 radical (unpaired) electrons. The van der Waals surface area contributed by atoms with Crippen molar-refractivity contribution in [3.8, 4) is 0 Å². The van der Waals surface area contributed by atoms with Gasteiger partial charge in [0.2, 0.25) is 0 Å². The van der Waals surface area contributed by atoms with Crippen molar-refractivity contribution in [3.05, 3.63) is 21.6 Å². The van der Waals surface area contributed by atoms with E-state index in [0.29, 0.717) is 24.4 Å². The number of aromatic nitrogens is 2. The van der Waals surface area contributed by atoms with E-state index in [2.05, 4.69) is 10.4 Å². The molecule has 0 bridgehead atoms. The van der Waals surface area contributed by atoms with Crippen molar-refractivity contribution >= 4 is 17.3 Å². The Morgan fingerprint density at radius 3 is 2.86 bits per heavy atom. The summed E-state index contributed by atoms with van der Waals surface area (Å²) < 4.78 is 6.91. The number of likely N-dealkylation sites (N-methyl/N-ethyl adjacent to an activating group) is 1. The summed E-state index contributed by atoms with van der Waals surface area (Å²) >= 11 is 6.16. The Labute approximate surface area is 130 Å². The van der Waals surface area contributed by atoms with Gasteiger partial charge in [0.1, 0.15) is 5.02 Å². The molecule has 6 nitrogen and oxygen atoms in total. The lowest BCUT2D eigenvalue weighted by Gasteiger charge is -2.36. The molecule has 1 N–H and O–H groups in total.